The van der Waals surface area contributed by atoms with E-state index in [2.05, 4.69) is 0 Å². The maximum atomic E-state index is 9.38. The Morgan fingerprint density at radius 1 is 1.15 bits per heavy atom. The third-order valence-electron chi connectivity index (χ3n) is 2.30. The monoisotopic (exact) mass is 194 g/mol. The van der Waals surface area contributed by atoms with E-state index in [0.29, 0.717) is 0 Å². The molecule has 0 aromatic heterocycles. The molecule has 0 amide bonds. The van der Waals surface area contributed by atoms with Gasteiger partial charge in [-0.05, 0) is 6.92 Å². The van der Waals surface area contributed by atoms with Crippen LogP contribution in [0.1, 0.15) is 6.92 Å². The molecule has 5 N–H and O–H groups in total. The minimum absolute atomic E-state index is 0.561. The Bertz CT molecular complexity index is 186. The Balaban J connectivity index is 2.82. The van der Waals surface area contributed by atoms with Gasteiger partial charge in [-0.25, -0.2) is 0 Å². The van der Waals surface area contributed by atoms with Crippen LogP contribution in [0.15, 0.2) is 0 Å². The van der Waals surface area contributed by atoms with Crippen LogP contribution in [0.3, 0.4) is 0 Å². The van der Waals surface area contributed by atoms with E-state index >= 15 is 0 Å². The second kappa shape index (κ2) is 3.49. The lowest BCUT2D eigenvalue weighted by Crippen LogP contribution is -2.64. The summed E-state index contributed by atoms with van der Waals surface area (Å²) in [7, 11) is 0. The fourth-order valence-corrected chi connectivity index (χ4v) is 1.26. The molecule has 0 aliphatic carbocycles. The van der Waals surface area contributed by atoms with Gasteiger partial charge in [0.15, 0.2) is 6.29 Å². The van der Waals surface area contributed by atoms with Gasteiger partial charge in [0.1, 0.15) is 23.9 Å². The summed E-state index contributed by atoms with van der Waals surface area (Å²) in [4.78, 5) is 0. The third-order valence-corrected chi connectivity index (χ3v) is 2.30. The molecular weight excluding hydrogens is 180 g/mol. The summed E-state index contributed by atoms with van der Waals surface area (Å²) in [5.74, 6) is 0. The molecule has 1 fully saturated rings. The first-order valence-corrected chi connectivity index (χ1v) is 3.93. The average Bonchev–Trinajstić information content (AvgIpc) is 2.12. The molecule has 0 bridgehead atoms. The number of hydrogen-bond donors (Lipinski definition) is 5. The molecule has 0 aromatic carbocycles. The first-order chi connectivity index (χ1) is 5.92. The van der Waals surface area contributed by atoms with Crippen LogP contribution in [-0.2, 0) is 4.74 Å². The van der Waals surface area contributed by atoms with Crippen LogP contribution in [0.2, 0.25) is 0 Å². The van der Waals surface area contributed by atoms with E-state index in [1.54, 1.807) is 0 Å². The van der Waals surface area contributed by atoms with Gasteiger partial charge in [0.25, 0.3) is 0 Å². The van der Waals surface area contributed by atoms with E-state index in [9.17, 15) is 10.2 Å². The van der Waals surface area contributed by atoms with E-state index < -0.39 is 36.8 Å². The predicted octanol–water partition coefficient (Wildman–Crippen LogP) is -2.83. The Kier molecular flexibility index (Phi) is 2.91. The Labute approximate surface area is 75.0 Å². The quantitative estimate of drug-likeness (QED) is 0.308. The van der Waals surface area contributed by atoms with Gasteiger partial charge in [0.05, 0.1) is 6.61 Å². The molecule has 1 rings (SSSR count). The van der Waals surface area contributed by atoms with Gasteiger partial charge in [0.2, 0.25) is 0 Å². The molecule has 6 nitrogen and oxygen atoms in total. The van der Waals surface area contributed by atoms with Crippen molar-refractivity contribution in [2.45, 2.75) is 37.1 Å². The first kappa shape index (κ1) is 10.8. The molecule has 0 aromatic rings. The Hall–Kier alpha value is -0.240. The predicted molar refractivity (Wildman–Crippen MR) is 40.6 cm³/mol. The number of rotatable bonds is 1. The molecule has 1 aliphatic heterocycles. The lowest BCUT2D eigenvalue weighted by Gasteiger charge is -2.44. The zero-order valence-corrected chi connectivity index (χ0v) is 7.16. The summed E-state index contributed by atoms with van der Waals surface area (Å²) in [6.07, 6.45) is -6.12. The van der Waals surface area contributed by atoms with E-state index in [1.807, 2.05) is 0 Å². The van der Waals surface area contributed by atoms with Crippen molar-refractivity contribution in [1.82, 2.24) is 0 Å². The van der Waals surface area contributed by atoms with Crippen LogP contribution in [0.5, 0.6) is 0 Å². The lowest BCUT2D eigenvalue weighted by atomic mass is 9.89. The van der Waals surface area contributed by atoms with Gasteiger partial charge in [-0.15, -0.1) is 0 Å². The molecule has 1 unspecified atom stereocenters. The van der Waals surface area contributed by atoms with E-state index in [4.69, 9.17) is 20.1 Å². The fraction of sp³-hybridized carbons (Fsp3) is 1.00. The van der Waals surface area contributed by atoms with E-state index in [-0.39, 0.29) is 0 Å². The average molecular weight is 194 g/mol. The molecule has 0 radical (unpaired) electrons. The summed E-state index contributed by atoms with van der Waals surface area (Å²) in [5.41, 5.74) is -1.45. The minimum atomic E-state index is -1.60. The topological polar surface area (TPSA) is 110 Å². The largest absolute Gasteiger partial charge is 0.393 e. The minimum Gasteiger partial charge on any atom is -0.393 e. The number of ether oxygens (including phenoxy) is 1. The van der Waals surface area contributed by atoms with Crippen molar-refractivity contribution in [2.24, 2.45) is 0 Å². The summed E-state index contributed by atoms with van der Waals surface area (Å²) in [5, 5.41) is 45.6. The SMILES string of the molecule is C[C@@]1(CO)OC(O)[C@H](O)[C@@H](O)[C@@H]1O. The summed E-state index contributed by atoms with van der Waals surface area (Å²) in [6.45, 7) is 0.769. The molecule has 1 saturated heterocycles. The second-order valence-electron chi connectivity index (χ2n) is 3.41. The normalized spacial score (nSPS) is 52.2. The summed E-state index contributed by atoms with van der Waals surface area (Å²) >= 11 is 0. The third kappa shape index (κ3) is 1.69. The van der Waals surface area contributed by atoms with Gasteiger partial charge in [-0.3, -0.25) is 0 Å². The van der Waals surface area contributed by atoms with Crippen molar-refractivity contribution in [3.8, 4) is 0 Å². The van der Waals surface area contributed by atoms with E-state index in [0.717, 1.165) is 0 Å². The zero-order valence-electron chi connectivity index (χ0n) is 7.16. The van der Waals surface area contributed by atoms with Crippen LogP contribution < -0.4 is 0 Å². The lowest BCUT2D eigenvalue weighted by molar-refractivity contribution is -0.321. The van der Waals surface area contributed by atoms with Crippen molar-refractivity contribution >= 4 is 0 Å². The van der Waals surface area contributed by atoms with Gasteiger partial charge in [-0.2, -0.15) is 0 Å². The highest BCUT2D eigenvalue weighted by atomic mass is 16.6. The molecule has 6 heteroatoms. The standard InChI is InChI=1S/C7H14O6/c1-7(2-8)5(11)3(9)4(10)6(12)13-7/h3-6,8-12H,2H2,1H3/t3-,4-,5+,6?,7+/m1/s1. The summed E-state index contributed by atoms with van der Waals surface area (Å²) in [6, 6.07) is 0. The number of aliphatic hydroxyl groups is 5. The highest BCUT2D eigenvalue weighted by molar-refractivity contribution is 4.96. The van der Waals surface area contributed by atoms with Crippen molar-refractivity contribution in [3.05, 3.63) is 0 Å². The van der Waals surface area contributed by atoms with Crippen molar-refractivity contribution in [1.29, 1.82) is 0 Å². The van der Waals surface area contributed by atoms with Crippen molar-refractivity contribution in [2.75, 3.05) is 6.61 Å². The molecule has 13 heavy (non-hydrogen) atoms. The van der Waals surface area contributed by atoms with Crippen LogP contribution >= 0.6 is 0 Å². The smallest absolute Gasteiger partial charge is 0.184 e. The zero-order chi connectivity index (χ0) is 10.2. The second-order valence-corrected chi connectivity index (χ2v) is 3.41. The summed E-state index contributed by atoms with van der Waals surface area (Å²) < 4.78 is 4.76. The molecular formula is C7H14O6. The van der Waals surface area contributed by atoms with Crippen molar-refractivity contribution in [3.63, 3.8) is 0 Å². The molecule has 1 aliphatic rings. The molecule has 78 valence electrons. The van der Waals surface area contributed by atoms with Gasteiger partial charge >= 0.3 is 0 Å². The Morgan fingerprint density at radius 2 is 1.69 bits per heavy atom. The number of aliphatic hydroxyl groups excluding tert-OH is 5. The maximum Gasteiger partial charge on any atom is 0.184 e. The highest BCUT2D eigenvalue weighted by Gasteiger charge is 2.50. The van der Waals surface area contributed by atoms with Gasteiger partial charge in [0, 0.05) is 0 Å². The van der Waals surface area contributed by atoms with Crippen molar-refractivity contribution < 1.29 is 30.3 Å². The van der Waals surface area contributed by atoms with E-state index in [1.165, 1.54) is 6.92 Å². The van der Waals surface area contributed by atoms with Crippen LogP contribution in [0.25, 0.3) is 0 Å². The molecule has 1 heterocycles. The van der Waals surface area contributed by atoms with Crippen LogP contribution in [0, 0.1) is 0 Å². The molecule has 5 atom stereocenters. The van der Waals surface area contributed by atoms with Gasteiger partial charge in [-0.1, -0.05) is 0 Å². The maximum absolute atomic E-state index is 9.38. The Morgan fingerprint density at radius 3 is 2.15 bits per heavy atom. The molecule has 0 saturated carbocycles. The fourth-order valence-electron chi connectivity index (χ4n) is 1.26. The first-order valence-electron chi connectivity index (χ1n) is 3.93. The van der Waals surface area contributed by atoms with Crippen LogP contribution in [-0.4, -0.2) is 62.3 Å². The van der Waals surface area contributed by atoms with Crippen LogP contribution in [0.4, 0.5) is 0 Å². The molecule has 0 spiro atoms. The van der Waals surface area contributed by atoms with Gasteiger partial charge < -0.3 is 30.3 Å². The number of hydrogen-bond acceptors (Lipinski definition) is 6. The highest BCUT2D eigenvalue weighted by Crippen LogP contribution is 2.28.